The molecule has 3 aromatic rings. The Morgan fingerprint density at radius 1 is 1.33 bits per heavy atom. The molecule has 0 saturated heterocycles. The maximum absolute atomic E-state index is 5.53. The molecule has 0 bridgehead atoms. The normalized spacial score (nSPS) is 10.7. The number of benzene rings is 1. The van der Waals surface area contributed by atoms with Gasteiger partial charge in [0.05, 0.1) is 6.20 Å². The Balaban J connectivity index is 1.99. The van der Waals surface area contributed by atoms with Gasteiger partial charge in [-0.05, 0) is 12.1 Å². The van der Waals surface area contributed by atoms with Crippen LogP contribution in [-0.2, 0) is 0 Å². The quantitative estimate of drug-likeness (QED) is 0.577. The van der Waals surface area contributed by atoms with Crippen LogP contribution >= 0.6 is 0 Å². The van der Waals surface area contributed by atoms with Crippen LogP contribution in [0.25, 0.3) is 10.9 Å². The Hall–Kier alpha value is -2.10. The lowest BCUT2D eigenvalue weighted by atomic mass is 10.2. The highest BCUT2D eigenvalue weighted by molar-refractivity contribution is 6.38. The molecule has 2 aromatic heterocycles. The first-order valence-electron chi connectivity index (χ1n) is 5.30. The molecule has 0 amide bonds. The third-order valence-electron chi connectivity index (χ3n) is 2.53. The van der Waals surface area contributed by atoms with E-state index < -0.39 is 0 Å². The number of fused-ring (bicyclic) bond motifs is 1. The summed E-state index contributed by atoms with van der Waals surface area (Å²) in [7, 11) is 0. The number of hydrogen-bond donors (Lipinski definition) is 3. The molecule has 1 aromatic carbocycles. The van der Waals surface area contributed by atoms with Crippen LogP contribution in [0.1, 0.15) is 0 Å². The number of nitrogen functional groups attached to an aromatic ring is 1. The molecule has 2 heterocycles. The number of hydrogen-bond acceptors (Lipinski definition) is 5. The standard InChI is InChI=1S/C11H9N6.Al/c12-11-13-4-3-10(16-11)15-8-1-2-9-7(5-8)6-14-17-9;/h1,3-6H,(H,14,17)(H3,12,13,15,16);. The second-order valence-electron chi connectivity index (χ2n) is 3.82. The molecule has 0 aliphatic heterocycles. The van der Waals surface area contributed by atoms with E-state index in [1.165, 1.54) is 0 Å². The van der Waals surface area contributed by atoms with Crippen molar-refractivity contribution in [3.05, 3.63) is 30.6 Å². The van der Waals surface area contributed by atoms with Crippen molar-refractivity contribution in [3.63, 3.8) is 0 Å². The lowest BCUT2D eigenvalue weighted by molar-refractivity contribution is 1.12. The Kier molecular flexibility index (Phi) is 2.63. The van der Waals surface area contributed by atoms with Crippen LogP contribution < -0.4 is 15.5 Å². The predicted octanol–water partition coefficient (Wildman–Crippen LogP) is 0.472. The van der Waals surface area contributed by atoms with Gasteiger partial charge in [0.2, 0.25) is 5.95 Å². The molecule has 18 heavy (non-hydrogen) atoms. The third-order valence-corrected chi connectivity index (χ3v) is 2.98. The molecule has 7 heteroatoms. The Labute approximate surface area is 111 Å². The first-order chi connectivity index (χ1) is 8.72. The van der Waals surface area contributed by atoms with E-state index in [-0.39, 0.29) is 5.95 Å². The minimum Gasteiger partial charge on any atom is -0.368 e. The smallest absolute Gasteiger partial charge is 0.221 e. The maximum Gasteiger partial charge on any atom is 0.221 e. The highest BCUT2D eigenvalue weighted by Gasteiger charge is 2.03. The van der Waals surface area contributed by atoms with E-state index in [4.69, 9.17) is 5.73 Å². The van der Waals surface area contributed by atoms with Crippen molar-refractivity contribution in [2.45, 2.75) is 0 Å². The van der Waals surface area contributed by atoms with Gasteiger partial charge >= 0.3 is 0 Å². The van der Waals surface area contributed by atoms with Gasteiger partial charge < -0.3 is 11.1 Å². The van der Waals surface area contributed by atoms with Crippen LogP contribution in [0.15, 0.2) is 30.6 Å². The molecule has 0 aliphatic rings. The summed E-state index contributed by atoms with van der Waals surface area (Å²) in [4.78, 5) is 7.94. The SMILES string of the molecule is Nc1nccc(Nc2c[c]([Al])c3[nH]ncc3c2)n1. The largest absolute Gasteiger partial charge is 0.368 e. The van der Waals surface area contributed by atoms with Gasteiger partial charge in [-0.25, -0.2) is 4.98 Å². The third kappa shape index (κ3) is 2.01. The lowest BCUT2D eigenvalue weighted by Gasteiger charge is -2.07. The zero-order valence-electron chi connectivity index (χ0n) is 9.38. The summed E-state index contributed by atoms with van der Waals surface area (Å²) in [6, 6.07) is 5.74. The molecule has 0 fully saturated rings. The molecule has 0 atom stereocenters. The summed E-state index contributed by atoms with van der Waals surface area (Å²) < 4.78 is 1.04. The van der Waals surface area contributed by atoms with E-state index in [1.807, 2.05) is 12.1 Å². The number of nitrogens with zero attached hydrogens (tertiary/aromatic N) is 3. The lowest BCUT2D eigenvalue weighted by Crippen LogP contribution is -2.06. The molecular weight excluding hydrogens is 243 g/mol. The fourth-order valence-corrected chi connectivity index (χ4v) is 2.16. The first-order valence-corrected chi connectivity index (χ1v) is 5.88. The maximum atomic E-state index is 5.53. The van der Waals surface area contributed by atoms with Gasteiger partial charge in [-0.3, -0.25) is 5.10 Å². The first kappa shape index (κ1) is 11.0. The van der Waals surface area contributed by atoms with Crippen LogP contribution in [0.3, 0.4) is 0 Å². The molecule has 0 unspecified atom stereocenters. The van der Waals surface area contributed by atoms with Crippen molar-refractivity contribution < 1.29 is 0 Å². The summed E-state index contributed by atoms with van der Waals surface area (Å²) in [6.07, 6.45) is 3.39. The van der Waals surface area contributed by atoms with Gasteiger partial charge in [-0.15, -0.1) is 4.43 Å². The van der Waals surface area contributed by atoms with Gasteiger partial charge in [-0.1, -0.05) is 6.07 Å². The number of aromatic amines is 1. The fraction of sp³-hybridized carbons (Fsp3) is 0. The van der Waals surface area contributed by atoms with Crippen LogP contribution in [0.4, 0.5) is 17.5 Å². The van der Waals surface area contributed by atoms with Crippen LogP contribution in [0, 0.1) is 0 Å². The number of H-pyrrole nitrogens is 1. The highest BCUT2D eigenvalue weighted by atomic mass is 27.0. The molecule has 0 spiro atoms. The van der Waals surface area contributed by atoms with E-state index >= 15 is 0 Å². The second kappa shape index (κ2) is 4.29. The topological polar surface area (TPSA) is 92.5 Å². The molecule has 2 radical (unpaired) electrons. The average Bonchev–Trinajstić information content (AvgIpc) is 2.77. The summed E-state index contributed by atoms with van der Waals surface area (Å²) in [5.41, 5.74) is 7.47. The molecule has 86 valence electrons. The molecule has 0 saturated carbocycles. The summed E-state index contributed by atoms with van der Waals surface area (Å²) in [5.74, 6) is 0.908. The van der Waals surface area contributed by atoms with Crippen molar-refractivity contribution >= 4 is 49.1 Å². The molecule has 0 aliphatic carbocycles. The number of anilines is 3. The van der Waals surface area contributed by atoms with Crippen LogP contribution in [0.5, 0.6) is 0 Å². The summed E-state index contributed by atoms with van der Waals surface area (Å²) in [5, 5.41) is 11.2. The van der Waals surface area contributed by atoms with E-state index in [0.29, 0.717) is 5.82 Å². The van der Waals surface area contributed by atoms with Gasteiger partial charge in [0.25, 0.3) is 0 Å². The van der Waals surface area contributed by atoms with Crippen LogP contribution in [-0.4, -0.2) is 36.5 Å². The van der Waals surface area contributed by atoms with Gasteiger partial charge in [-0.2, -0.15) is 10.1 Å². The molecule has 4 N–H and O–H groups in total. The molecule has 3 rings (SSSR count). The Bertz CT molecular complexity index is 708. The number of nitrogens with two attached hydrogens (primary N) is 1. The van der Waals surface area contributed by atoms with Gasteiger partial charge in [0.15, 0.2) is 16.3 Å². The van der Waals surface area contributed by atoms with Crippen molar-refractivity contribution in [1.29, 1.82) is 0 Å². The van der Waals surface area contributed by atoms with Crippen molar-refractivity contribution in [3.8, 4) is 0 Å². The van der Waals surface area contributed by atoms with Crippen LogP contribution in [0.2, 0.25) is 0 Å². The highest BCUT2D eigenvalue weighted by Crippen LogP contribution is 2.18. The van der Waals surface area contributed by atoms with Crippen molar-refractivity contribution in [2.24, 2.45) is 0 Å². The van der Waals surface area contributed by atoms with Gasteiger partial charge in [0, 0.05) is 22.8 Å². The number of rotatable bonds is 2. The van der Waals surface area contributed by atoms with E-state index in [0.717, 1.165) is 21.0 Å². The van der Waals surface area contributed by atoms with Crippen molar-refractivity contribution in [1.82, 2.24) is 20.2 Å². The average molecular weight is 252 g/mol. The van der Waals surface area contributed by atoms with E-state index in [9.17, 15) is 0 Å². The Morgan fingerprint density at radius 2 is 2.22 bits per heavy atom. The van der Waals surface area contributed by atoms with E-state index in [1.54, 1.807) is 18.5 Å². The summed E-state index contributed by atoms with van der Waals surface area (Å²) >= 11 is 2.68. The summed E-state index contributed by atoms with van der Waals surface area (Å²) in [6.45, 7) is 0. The predicted molar refractivity (Wildman–Crippen MR) is 71.2 cm³/mol. The molecular formula is C11H9AlN6. The zero-order chi connectivity index (χ0) is 12.5. The van der Waals surface area contributed by atoms with Crippen molar-refractivity contribution in [2.75, 3.05) is 11.1 Å². The minimum absolute atomic E-state index is 0.246. The van der Waals surface area contributed by atoms with Gasteiger partial charge in [0.1, 0.15) is 5.82 Å². The Morgan fingerprint density at radius 3 is 3.06 bits per heavy atom. The fourth-order valence-electron chi connectivity index (χ4n) is 1.75. The number of nitrogens with one attached hydrogen (secondary N) is 2. The minimum atomic E-state index is 0.246. The second-order valence-corrected chi connectivity index (χ2v) is 4.45. The monoisotopic (exact) mass is 252 g/mol. The molecule has 6 nitrogen and oxygen atoms in total. The number of aromatic nitrogens is 4. The zero-order valence-corrected chi connectivity index (χ0v) is 10.5. The van der Waals surface area contributed by atoms with E-state index in [2.05, 4.69) is 41.8 Å².